The minimum absolute atomic E-state index is 0.0524. The highest BCUT2D eigenvalue weighted by Crippen LogP contribution is 2.42. The molecule has 3 fully saturated rings. The SMILES string of the molecule is CCCCCCCC(=O)N[C@@H](Cc1ccc(O)cc1)C(=O)N1[C@H](C(=O)N[C@H](CO)CCCN=C(N)N)C[C@@H]2CC[C@@H](O[C@H]3O[C@@H](CO)[C@H](O)[C@@H]3O)C[C@@H]21. The van der Waals surface area contributed by atoms with Crippen LogP contribution in [0.2, 0.25) is 0 Å². The van der Waals surface area contributed by atoms with Gasteiger partial charge in [-0.3, -0.25) is 19.4 Å². The first-order valence-electron chi connectivity index (χ1n) is 19.1. The number of carbonyl (C=O) groups is 3. The quantitative estimate of drug-likeness (QED) is 0.0481. The second-order valence-corrected chi connectivity index (χ2v) is 14.6. The van der Waals surface area contributed by atoms with Gasteiger partial charge in [0, 0.05) is 25.4 Å². The zero-order valence-corrected chi connectivity index (χ0v) is 30.7. The van der Waals surface area contributed by atoms with E-state index in [0.29, 0.717) is 57.1 Å². The van der Waals surface area contributed by atoms with Crippen molar-refractivity contribution in [1.82, 2.24) is 15.5 Å². The first kappa shape index (κ1) is 42.2. The Morgan fingerprint density at radius 1 is 1.00 bits per heavy atom. The summed E-state index contributed by atoms with van der Waals surface area (Å²) < 4.78 is 11.7. The van der Waals surface area contributed by atoms with E-state index in [-0.39, 0.29) is 43.0 Å². The normalized spacial score (nSPS) is 27.8. The molecule has 0 unspecified atom stereocenters. The molecule has 1 saturated carbocycles. The van der Waals surface area contributed by atoms with Crippen LogP contribution in [0.15, 0.2) is 29.3 Å². The van der Waals surface area contributed by atoms with E-state index in [1.165, 1.54) is 12.1 Å². The van der Waals surface area contributed by atoms with Gasteiger partial charge in [0.25, 0.3) is 0 Å². The van der Waals surface area contributed by atoms with Gasteiger partial charge >= 0.3 is 0 Å². The Kier molecular flexibility index (Phi) is 16.6. The molecule has 0 spiro atoms. The number of guanidine groups is 1. The van der Waals surface area contributed by atoms with Crippen molar-refractivity contribution < 1.29 is 49.4 Å². The standard InChI is InChI=1S/C37H60N6O10/c1-2-3-4-5-6-9-31(47)42-27(17-22-10-13-25(46)14-11-22)35(51)43-28-19-26(52-36-33(49)32(48)30(21-45)53-36)15-12-23(28)18-29(43)34(50)41-24(20-44)8-7-16-40-37(38)39/h10-11,13-14,23-24,26-30,32-33,36,44-46,48-49H,2-9,12,15-21H2,1H3,(H,41,50)(H,42,47)(H4,38,39,40)/t23-,24-,26+,27-,28-,29-,30-,32-,33-,36-/m0/s1. The van der Waals surface area contributed by atoms with Crippen LogP contribution in [0, 0.1) is 5.92 Å². The summed E-state index contributed by atoms with van der Waals surface area (Å²) in [7, 11) is 0. The summed E-state index contributed by atoms with van der Waals surface area (Å²) in [5, 5.41) is 56.2. The molecular weight excluding hydrogens is 688 g/mol. The van der Waals surface area contributed by atoms with Gasteiger partial charge in [-0.25, -0.2) is 0 Å². The van der Waals surface area contributed by atoms with Gasteiger partial charge < -0.3 is 62.0 Å². The van der Waals surface area contributed by atoms with Gasteiger partial charge in [-0.15, -0.1) is 0 Å². The average Bonchev–Trinajstić information content (AvgIpc) is 3.65. The number of aliphatic hydroxyl groups is 4. The molecule has 1 aromatic carbocycles. The van der Waals surface area contributed by atoms with Crippen molar-refractivity contribution in [2.24, 2.45) is 22.4 Å². The Morgan fingerprint density at radius 2 is 1.74 bits per heavy atom. The average molecular weight is 749 g/mol. The molecule has 0 bridgehead atoms. The second kappa shape index (κ2) is 20.8. The van der Waals surface area contributed by atoms with Gasteiger partial charge in [0.15, 0.2) is 12.2 Å². The van der Waals surface area contributed by atoms with Crippen molar-refractivity contribution in [3.63, 3.8) is 0 Å². The third-order valence-corrected chi connectivity index (χ3v) is 10.6. The monoisotopic (exact) mass is 748 g/mol. The fraction of sp³-hybridized carbons (Fsp3) is 0.730. The van der Waals surface area contributed by atoms with Crippen molar-refractivity contribution >= 4 is 23.7 Å². The Morgan fingerprint density at radius 3 is 2.40 bits per heavy atom. The van der Waals surface area contributed by atoms with E-state index in [4.69, 9.17) is 20.9 Å². The van der Waals surface area contributed by atoms with Crippen LogP contribution in [0.4, 0.5) is 0 Å². The van der Waals surface area contributed by atoms with Crippen LogP contribution in [0.5, 0.6) is 5.75 Å². The summed E-state index contributed by atoms with van der Waals surface area (Å²) in [6.07, 6.45) is 2.39. The summed E-state index contributed by atoms with van der Waals surface area (Å²) in [6.45, 7) is 1.61. The number of nitrogens with zero attached hydrogens (tertiary/aromatic N) is 2. The molecule has 10 atom stereocenters. The topological polar surface area (TPSA) is 263 Å². The number of unbranched alkanes of at least 4 members (excludes halogenated alkanes) is 4. The molecule has 2 aliphatic heterocycles. The number of phenolic OH excluding ortho intramolecular Hbond substituents is 1. The number of nitrogens with two attached hydrogens (primary N) is 2. The summed E-state index contributed by atoms with van der Waals surface area (Å²) >= 11 is 0. The fourth-order valence-electron chi connectivity index (χ4n) is 7.72. The maximum Gasteiger partial charge on any atom is 0.246 e. The van der Waals surface area contributed by atoms with Crippen molar-refractivity contribution in [1.29, 1.82) is 0 Å². The molecule has 1 aliphatic carbocycles. The smallest absolute Gasteiger partial charge is 0.246 e. The number of phenols is 1. The molecule has 16 nitrogen and oxygen atoms in total. The van der Waals surface area contributed by atoms with Crippen LogP contribution in [0.25, 0.3) is 0 Å². The Hall–Kier alpha value is -3.54. The molecule has 2 saturated heterocycles. The van der Waals surface area contributed by atoms with Gasteiger partial charge in [0.05, 0.1) is 25.4 Å². The van der Waals surface area contributed by atoms with Crippen molar-refractivity contribution in [2.75, 3.05) is 19.8 Å². The summed E-state index contributed by atoms with van der Waals surface area (Å²) in [6, 6.07) is 3.37. The van der Waals surface area contributed by atoms with Gasteiger partial charge in [-0.05, 0) is 68.6 Å². The number of aromatic hydroxyl groups is 1. The van der Waals surface area contributed by atoms with Gasteiger partial charge in [0.1, 0.15) is 36.1 Å². The lowest BCUT2D eigenvalue weighted by Gasteiger charge is -2.39. The minimum Gasteiger partial charge on any atom is -0.508 e. The number of rotatable bonds is 20. The molecule has 11 N–H and O–H groups in total. The van der Waals surface area contributed by atoms with Crippen LogP contribution in [0.1, 0.15) is 89.5 Å². The number of aliphatic hydroxyl groups excluding tert-OH is 4. The van der Waals surface area contributed by atoms with Crippen LogP contribution in [0.3, 0.4) is 0 Å². The number of hydrogen-bond donors (Lipinski definition) is 9. The van der Waals surface area contributed by atoms with Crippen molar-refractivity contribution in [3.05, 3.63) is 29.8 Å². The predicted octanol–water partition coefficient (Wildman–Crippen LogP) is -0.0955. The molecule has 298 valence electrons. The van der Waals surface area contributed by atoms with E-state index in [0.717, 1.165) is 25.7 Å². The van der Waals surface area contributed by atoms with Gasteiger partial charge in [0.2, 0.25) is 17.7 Å². The molecule has 3 amide bonds. The highest BCUT2D eigenvalue weighted by atomic mass is 16.7. The number of aliphatic imine (C=N–C) groups is 1. The number of likely N-dealkylation sites (tertiary alicyclic amines) is 1. The molecule has 1 aromatic rings. The maximum atomic E-state index is 14.8. The number of amides is 3. The Balaban J connectivity index is 1.58. The van der Waals surface area contributed by atoms with E-state index < -0.39 is 73.3 Å². The number of hydrogen-bond acceptors (Lipinski definition) is 11. The molecule has 0 radical (unpaired) electrons. The predicted molar refractivity (Wildman–Crippen MR) is 195 cm³/mol. The zero-order valence-electron chi connectivity index (χ0n) is 30.7. The van der Waals surface area contributed by atoms with Crippen molar-refractivity contribution in [3.8, 4) is 5.75 Å². The summed E-state index contributed by atoms with van der Waals surface area (Å²) in [4.78, 5) is 47.7. The number of carbonyl (C=O) groups excluding carboxylic acids is 3. The Bertz CT molecular complexity index is 1350. The summed E-state index contributed by atoms with van der Waals surface area (Å²) in [5.41, 5.74) is 11.5. The van der Waals surface area contributed by atoms with E-state index >= 15 is 0 Å². The lowest BCUT2D eigenvalue weighted by Crippen LogP contribution is -2.58. The van der Waals surface area contributed by atoms with E-state index in [1.54, 1.807) is 17.0 Å². The molecule has 16 heteroatoms. The molecule has 3 aliphatic rings. The number of ether oxygens (including phenoxy) is 2. The first-order chi connectivity index (χ1) is 25.4. The third-order valence-electron chi connectivity index (χ3n) is 10.6. The van der Waals surface area contributed by atoms with Crippen LogP contribution < -0.4 is 22.1 Å². The largest absolute Gasteiger partial charge is 0.508 e. The van der Waals surface area contributed by atoms with Crippen LogP contribution >= 0.6 is 0 Å². The molecular formula is C37H60N6O10. The molecule has 2 heterocycles. The van der Waals surface area contributed by atoms with Gasteiger partial charge in [-0.2, -0.15) is 0 Å². The lowest BCUT2D eigenvalue weighted by atomic mass is 9.83. The van der Waals surface area contributed by atoms with E-state index in [1.807, 2.05) is 0 Å². The first-order valence-corrected chi connectivity index (χ1v) is 19.1. The number of fused-ring (bicyclic) bond motifs is 1. The molecule has 4 rings (SSSR count). The number of nitrogens with one attached hydrogen (secondary N) is 2. The minimum atomic E-state index is -1.38. The molecule has 53 heavy (non-hydrogen) atoms. The lowest BCUT2D eigenvalue weighted by molar-refractivity contribution is -0.202. The fourth-order valence-corrected chi connectivity index (χ4v) is 7.72. The second-order valence-electron chi connectivity index (χ2n) is 14.6. The molecule has 0 aromatic heterocycles. The van der Waals surface area contributed by atoms with Crippen LogP contribution in [-0.2, 0) is 30.3 Å². The summed E-state index contributed by atoms with van der Waals surface area (Å²) in [5.74, 6) is -1.22. The van der Waals surface area contributed by atoms with Crippen LogP contribution in [-0.4, -0.2) is 129 Å². The highest BCUT2D eigenvalue weighted by Gasteiger charge is 2.52. The number of benzene rings is 1. The van der Waals surface area contributed by atoms with Gasteiger partial charge in [-0.1, -0.05) is 44.7 Å². The van der Waals surface area contributed by atoms with E-state index in [2.05, 4.69) is 22.5 Å². The zero-order chi connectivity index (χ0) is 38.5. The van der Waals surface area contributed by atoms with Crippen molar-refractivity contribution in [2.45, 2.75) is 145 Å². The van der Waals surface area contributed by atoms with E-state index in [9.17, 15) is 39.9 Å². The highest BCUT2D eigenvalue weighted by molar-refractivity contribution is 5.93. The Labute approximate surface area is 311 Å². The maximum absolute atomic E-state index is 14.8. The third kappa shape index (κ3) is 12.0.